The molecule has 2 rings (SSSR count). The van der Waals surface area contributed by atoms with Gasteiger partial charge < -0.3 is 0 Å². The third-order valence-corrected chi connectivity index (χ3v) is 3.20. The van der Waals surface area contributed by atoms with E-state index in [1.165, 1.54) is 5.56 Å². The van der Waals surface area contributed by atoms with Crippen molar-refractivity contribution < 1.29 is 0 Å². The maximum Gasteiger partial charge on any atom is 0.274 e. The van der Waals surface area contributed by atoms with E-state index in [4.69, 9.17) is 0 Å². The highest BCUT2D eigenvalue weighted by Crippen LogP contribution is 2.21. The van der Waals surface area contributed by atoms with E-state index in [0.29, 0.717) is 0 Å². The van der Waals surface area contributed by atoms with Crippen LogP contribution in [0.3, 0.4) is 0 Å². The van der Waals surface area contributed by atoms with E-state index in [-0.39, 0.29) is 11.6 Å². The van der Waals surface area contributed by atoms with Crippen molar-refractivity contribution in [3.8, 4) is 11.1 Å². The van der Waals surface area contributed by atoms with Crippen LogP contribution in [0.4, 0.5) is 0 Å². The monoisotopic (exact) mass is 244 g/mol. The van der Waals surface area contributed by atoms with Crippen LogP contribution >= 0.6 is 0 Å². The Labute approximate surface area is 107 Å². The van der Waals surface area contributed by atoms with Crippen molar-refractivity contribution in [2.75, 3.05) is 0 Å². The second-order valence-corrected chi connectivity index (χ2v) is 4.95. The fraction of sp³-hybridized carbons (Fsp3) is 0.400. The number of nitrogens with one attached hydrogen (secondary N) is 1. The fourth-order valence-electron chi connectivity index (χ4n) is 2.14. The van der Waals surface area contributed by atoms with Gasteiger partial charge in [-0.25, -0.2) is 4.68 Å². The highest BCUT2D eigenvalue weighted by atomic mass is 16.1. The van der Waals surface area contributed by atoms with Crippen LogP contribution in [-0.4, -0.2) is 9.78 Å². The normalized spacial score (nSPS) is 11.2. The first-order chi connectivity index (χ1) is 8.54. The largest absolute Gasteiger partial charge is 0.299 e. The van der Waals surface area contributed by atoms with Gasteiger partial charge in [-0.05, 0) is 32.8 Å². The molecule has 2 aromatic rings. The molecular weight excluding hydrogens is 224 g/mol. The number of aryl methyl sites for hydroxylation is 2. The Bertz CT molecular complexity index is 588. The van der Waals surface area contributed by atoms with Crippen LogP contribution in [0.15, 0.2) is 29.1 Å². The van der Waals surface area contributed by atoms with Crippen molar-refractivity contribution in [2.45, 2.75) is 40.2 Å². The Morgan fingerprint density at radius 3 is 2.33 bits per heavy atom. The van der Waals surface area contributed by atoms with Crippen molar-refractivity contribution in [1.29, 1.82) is 0 Å². The average molecular weight is 244 g/mol. The van der Waals surface area contributed by atoms with Crippen molar-refractivity contribution in [3.63, 3.8) is 0 Å². The predicted molar refractivity (Wildman–Crippen MR) is 75.0 cm³/mol. The van der Waals surface area contributed by atoms with Crippen LogP contribution in [0.1, 0.15) is 38.1 Å². The fourth-order valence-corrected chi connectivity index (χ4v) is 2.14. The van der Waals surface area contributed by atoms with Gasteiger partial charge in [-0.1, -0.05) is 36.8 Å². The van der Waals surface area contributed by atoms with E-state index in [1.54, 1.807) is 4.68 Å². The molecule has 96 valence electrons. The molecule has 0 fully saturated rings. The van der Waals surface area contributed by atoms with Crippen molar-refractivity contribution in [2.24, 2.45) is 0 Å². The Kier molecular flexibility index (Phi) is 3.41. The molecular formula is C15H20N2O. The number of hydrogen-bond acceptors (Lipinski definition) is 1. The van der Waals surface area contributed by atoms with E-state index in [0.717, 1.165) is 23.2 Å². The average Bonchev–Trinajstić information content (AvgIpc) is 2.67. The maximum atomic E-state index is 12.4. The lowest BCUT2D eigenvalue weighted by molar-refractivity contribution is 0.512. The smallest absolute Gasteiger partial charge is 0.274 e. The molecule has 0 unspecified atom stereocenters. The number of aromatic nitrogens is 2. The minimum atomic E-state index is 0.0747. The molecule has 3 heteroatoms. The number of hydrogen-bond donors (Lipinski definition) is 1. The highest BCUT2D eigenvalue weighted by Gasteiger charge is 2.15. The lowest BCUT2D eigenvalue weighted by atomic mass is 10.0. The highest BCUT2D eigenvalue weighted by molar-refractivity contribution is 5.65. The second kappa shape index (κ2) is 4.84. The summed E-state index contributed by atoms with van der Waals surface area (Å²) in [7, 11) is 0. The zero-order chi connectivity index (χ0) is 13.3. The second-order valence-electron chi connectivity index (χ2n) is 4.95. The van der Waals surface area contributed by atoms with Gasteiger partial charge in [0.05, 0.1) is 5.56 Å². The van der Waals surface area contributed by atoms with E-state index < -0.39 is 0 Å². The molecule has 0 atom stereocenters. The van der Waals surface area contributed by atoms with Crippen LogP contribution in [0.2, 0.25) is 0 Å². The van der Waals surface area contributed by atoms with E-state index in [1.807, 2.05) is 45.0 Å². The molecule has 0 aliphatic carbocycles. The number of benzene rings is 1. The van der Waals surface area contributed by atoms with Gasteiger partial charge in [0.25, 0.3) is 5.56 Å². The zero-order valence-electron chi connectivity index (χ0n) is 11.4. The van der Waals surface area contributed by atoms with Gasteiger partial charge in [-0.3, -0.25) is 9.89 Å². The molecule has 1 aromatic heterocycles. The van der Waals surface area contributed by atoms with Crippen LogP contribution in [0.5, 0.6) is 0 Å². The quantitative estimate of drug-likeness (QED) is 0.883. The SMILES string of the molecule is CCc1[nH]n(C(C)C)c(=O)c1-c1ccc(C)cc1. The van der Waals surface area contributed by atoms with Gasteiger partial charge in [-0.2, -0.15) is 0 Å². The molecule has 0 radical (unpaired) electrons. The molecule has 1 N–H and O–H groups in total. The van der Waals surface area contributed by atoms with Gasteiger partial charge in [0.15, 0.2) is 0 Å². The molecule has 0 bridgehead atoms. The molecule has 18 heavy (non-hydrogen) atoms. The van der Waals surface area contributed by atoms with Crippen molar-refractivity contribution in [3.05, 3.63) is 45.9 Å². The third-order valence-electron chi connectivity index (χ3n) is 3.20. The Morgan fingerprint density at radius 1 is 1.22 bits per heavy atom. The minimum Gasteiger partial charge on any atom is -0.299 e. The number of H-pyrrole nitrogens is 1. The topological polar surface area (TPSA) is 37.8 Å². The summed E-state index contributed by atoms with van der Waals surface area (Å²) in [6, 6.07) is 8.27. The molecule has 1 aromatic carbocycles. The van der Waals surface area contributed by atoms with E-state index in [9.17, 15) is 4.79 Å². The Hall–Kier alpha value is -1.77. The van der Waals surface area contributed by atoms with E-state index in [2.05, 4.69) is 12.0 Å². The molecule has 0 aliphatic heterocycles. The van der Waals surface area contributed by atoms with Crippen molar-refractivity contribution >= 4 is 0 Å². The van der Waals surface area contributed by atoms with E-state index >= 15 is 0 Å². The third kappa shape index (κ3) is 2.13. The van der Waals surface area contributed by atoms with Gasteiger partial charge in [0.1, 0.15) is 0 Å². The summed E-state index contributed by atoms with van der Waals surface area (Å²) < 4.78 is 1.70. The first-order valence-electron chi connectivity index (χ1n) is 6.45. The predicted octanol–water partition coefficient (Wildman–Crippen LogP) is 3.30. The molecule has 3 nitrogen and oxygen atoms in total. The van der Waals surface area contributed by atoms with Crippen LogP contribution in [0, 0.1) is 6.92 Å². The standard InChI is InChI=1S/C15H20N2O/c1-5-13-14(12-8-6-11(4)7-9-12)15(18)17(16-13)10(2)3/h6-10,16H,5H2,1-4H3. The number of rotatable bonds is 3. The molecule has 0 aliphatic rings. The lowest BCUT2D eigenvalue weighted by Crippen LogP contribution is -2.19. The summed E-state index contributed by atoms with van der Waals surface area (Å²) in [6.45, 7) is 8.13. The lowest BCUT2D eigenvalue weighted by Gasteiger charge is -2.03. The molecule has 1 heterocycles. The molecule has 0 saturated carbocycles. The number of aromatic amines is 1. The maximum absolute atomic E-state index is 12.4. The first kappa shape index (κ1) is 12.7. The van der Waals surface area contributed by atoms with Gasteiger partial charge in [0.2, 0.25) is 0 Å². The van der Waals surface area contributed by atoms with Gasteiger partial charge in [0, 0.05) is 11.7 Å². The van der Waals surface area contributed by atoms with Crippen molar-refractivity contribution in [1.82, 2.24) is 9.78 Å². The Morgan fingerprint density at radius 2 is 1.83 bits per heavy atom. The zero-order valence-corrected chi connectivity index (χ0v) is 11.4. The Balaban J connectivity index is 2.63. The number of nitrogens with zero attached hydrogens (tertiary/aromatic N) is 1. The molecule has 0 spiro atoms. The molecule has 0 amide bonds. The summed E-state index contributed by atoms with van der Waals surface area (Å²) in [6.07, 6.45) is 0.832. The summed E-state index contributed by atoms with van der Waals surface area (Å²) in [5.74, 6) is 0. The molecule has 0 saturated heterocycles. The van der Waals surface area contributed by atoms with Gasteiger partial charge >= 0.3 is 0 Å². The van der Waals surface area contributed by atoms with Gasteiger partial charge in [-0.15, -0.1) is 0 Å². The van der Waals surface area contributed by atoms with Crippen LogP contribution in [0.25, 0.3) is 11.1 Å². The minimum absolute atomic E-state index is 0.0747. The van der Waals surface area contributed by atoms with Crippen LogP contribution < -0.4 is 5.56 Å². The summed E-state index contributed by atoms with van der Waals surface area (Å²) in [5.41, 5.74) is 4.10. The summed E-state index contributed by atoms with van der Waals surface area (Å²) >= 11 is 0. The summed E-state index contributed by atoms with van der Waals surface area (Å²) in [5, 5.41) is 3.22. The first-order valence-corrected chi connectivity index (χ1v) is 6.45. The summed E-state index contributed by atoms with van der Waals surface area (Å²) in [4.78, 5) is 12.4. The van der Waals surface area contributed by atoms with Crippen LogP contribution in [-0.2, 0) is 6.42 Å².